The molecule has 9 heteroatoms. The Morgan fingerprint density at radius 1 is 1.05 bits per heavy atom. The summed E-state index contributed by atoms with van der Waals surface area (Å²) in [4.78, 5) is 30.9. The smallest absolute Gasteiger partial charge is 0.305 e. The zero-order valence-electron chi connectivity index (χ0n) is 25.2. The second-order valence-electron chi connectivity index (χ2n) is 10.7. The van der Waals surface area contributed by atoms with Crippen molar-refractivity contribution in [3.05, 3.63) is 83.8 Å². The number of unbranched alkanes of at least 4 members (excludes halogenated alkanes) is 3. The summed E-state index contributed by atoms with van der Waals surface area (Å²) in [6.45, 7) is 3.57. The molecule has 2 aromatic heterocycles. The summed E-state index contributed by atoms with van der Waals surface area (Å²) < 4.78 is 13.1. The maximum atomic E-state index is 13.1. The molecule has 1 unspecified atom stereocenters. The first-order valence-electron chi connectivity index (χ1n) is 15.6. The Morgan fingerprint density at radius 3 is 2.73 bits per heavy atom. The summed E-state index contributed by atoms with van der Waals surface area (Å²) in [7, 11) is 0. The molecule has 1 N–H and O–H groups in total. The molecule has 0 spiro atoms. The highest BCUT2D eigenvalue weighted by Gasteiger charge is 2.21. The Morgan fingerprint density at radius 2 is 1.91 bits per heavy atom. The van der Waals surface area contributed by atoms with Crippen molar-refractivity contribution < 1.29 is 19.1 Å². The lowest BCUT2D eigenvalue weighted by Gasteiger charge is -2.23. The number of aromatic nitrogens is 3. The Bertz CT molecular complexity index is 1560. The number of amides is 1. The lowest BCUT2D eigenvalue weighted by Crippen LogP contribution is -2.24. The van der Waals surface area contributed by atoms with Gasteiger partial charge in [-0.2, -0.15) is 5.10 Å². The maximum Gasteiger partial charge on any atom is 0.305 e. The molecule has 2 aromatic carbocycles. The zero-order valence-corrected chi connectivity index (χ0v) is 26.1. The van der Waals surface area contributed by atoms with Crippen molar-refractivity contribution in [2.75, 3.05) is 19.8 Å². The van der Waals surface area contributed by atoms with Crippen LogP contribution in [0, 0.1) is 0 Å². The SMILES string of the molecule is CCOC(=O)CCCCCCNC(=O)c1ccccc1Sc1ccc2c(C=Cc3ccccn3)nn(C3CCCCO3)c2c1. The predicted octanol–water partition coefficient (Wildman–Crippen LogP) is 7.70. The molecule has 0 aliphatic carbocycles. The van der Waals surface area contributed by atoms with Crippen molar-refractivity contribution in [1.29, 1.82) is 0 Å². The van der Waals surface area contributed by atoms with Crippen molar-refractivity contribution in [1.82, 2.24) is 20.1 Å². The number of esters is 1. The average Bonchev–Trinajstić information content (AvgIpc) is 3.42. The zero-order chi connectivity index (χ0) is 30.6. The van der Waals surface area contributed by atoms with E-state index in [4.69, 9.17) is 14.6 Å². The summed E-state index contributed by atoms with van der Waals surface area (Å²) in [5, 5.41) is 9.10. The molecule has 8 nitrogen and oxygen atoms in total. The lowest BCUT2D eigenvalue weighted by atomic mass is 10.1. The van der Waals surface area contributed by atoms with Gasteiger partial charge in [-0.05, 0) is 93.6 Å². The topological polar surface area (TPSA) is 95.3 Å². The van der Waals surface area contributed by atoms with Gasteiger partial charge >= 0.3 is 5.97 Å². The number of carbonyl (C=O) groups excluding carboxylic acids is 2. The number of nitrogens with zero attached hydrogens (tertiary/aromatic N) is 3. The Labute approximate surface area is 263 Å². The van der Waals surface area contributed by atoms with E-state index in [9.17, 15) is 9.59 Å². The number of ether oxygens (including phenoxy) is 2. The largest absolute Gasteiger partial charge is 0.466 e. The predicted molar refractivity (Wildman–Crippen MR) is 174 cm³/mol. The van der Waals surface area contributed by atoms with Crippen LogP contribution in [0.15, 0.2) is 76.7 Å². The number of benzene rings is 2. The van der Waals surface area contributed by atoms with E-state index in [1.165, 1.54) is 0 Å². The number of hydrogen-bond donors (Lipinski definition) is 1. The summed E-state index contributed by atoms with van der Waals surface area (Å²) in [5.41, 5.74) is 3.41. The molecule has 4 aromatic rings. The first-order chi connectivity index (χ1) is 21.6. The van der Waals surface area contributed by atoms with Gasteiger partial charge in [-0.15, -0.1) is 0 Å². The molecule has 44 heavy (non-hydrogen) atoms. The minimum atomic E-state index is -0.140. The minimum absolute atomic E-state index is 0.0803. The van der Waals surface area contributed by atoms with Crippen molar-refractivity contribution in [2.45, 2.75) is 74.3 Å². The first kappa shape index (κ1) is 31.5. The third-order valence-electron chi connectivity index (χ3n) is 7.49. The van der Waals surface area contributed by atoms with Gasteiger partial charge in [0.25, 0.3) is 5.91 Å². The van der Waals surface area contributed by atoms with Crippen molar-refractivity contribution in [3.63, 3.8) is 0 Å². The van der Waals surface area contributed by atoms with Gasteiger partial charge in [0.15, 0.2) is 6.23 Å². The number of nitrogens with one attached hydrogen (secondary N) is 1. The first-order valence-corrected chi connectivity index (χ1v) is 16.4. The quantitative estimate of drug-likeness (QED) is 0.115. The summed E-state index contributed by atoms with van der Waals surface area (Å²) in [5.74, 6) is -0.220. The molecule has 1 aliphatic heterocycles. The van der Waals surface area contributed by atoms with E-state index < -0.39 is 0 Å². The molecule has 0 saturated carbocycles. The van der Waals surface area contributed by atoms with Crippen LogP contribution >= 0.6 is 11.8 Å². The van der Waals surface area contributed by atoms with Gasteiger partial charge < -0.3 is 14.8 Å². The summed E-state index contributed by atoms with van der Waals surface area (Å²) >= 11 is 1.57. The van der Waals surface area contributed by atoms with Gasteiger partial charge in [-0.1, -0.05) is 42.8 Å². The van der Waals surface area contributed by atoms with E-state index in [-0.39, 0.29) is 18.1 Å². The van der Waals surface area contributed by atoms with E-state index in [0.29, 0.717) is 25.1 Å². The molecule has 0 radical (unpaired) electrons. The average molecular weight is 613 g/mol. The number of rotatable bonds is 14. The van der Waals surface area contributed by atoms with Crippen LogP contribution in [0.2, 0.25) is 0 Å². The third kappa shape index (κ3) is 8.57. The fraction of sp³-hybridized carbons (Fsp3) is 0.371. The van der Waals surface area contributed by atoms with Crippen LogP contribution in [-0.4, -0.2) is 46.4 Å². The summed E-state index contributed by atoms with van der Waals surface area (Å²) in [6.07, 6.45) is 12.8. The van der Waals surface area contributed by atoms with Crippen LogP contribution in [0.1, 0.15) is 86.3 Å². The third-order valence-corrected chi connectivity index (χ3v) is 8.56. The highest BCUT2D eigenvalue weighted by molar-refractivity contribution is 7.99. The standard InChI is InChI=1S/C35H40N4O4S/c1-2-42-34(40)17-5-3-4-10-23-37-35(41)29-14-6-7-15-32(29)44-27-19-20-28-30(21-18-26-13-8-11-22-36-26)38-39(31(28)25-27)33-16-9-12-24-43-33/h6-8,11,13-15,18-22,25,33H,2-5,9-10,12,16-17,23-24H2,1H3,(H,37,41). The number of carbonyl (C=O) groups is 2. The van der Waals surface area contributed by atoms with E-state index in [1.54, 1.807) is 18.0 Å². The summed E-state index contributed by atoms with van der Waals surface area (Å²) in [6, 6.07) is 19.9. The normalized spacial score (nSPS) is 15.1. The van der Waals surface area contributed by atoms with Gasteiger partial charge in [-0.25, -0.2) is 4.68 Å². The minimum Gasteiger partial charge on any atom is -0.466 e. The molecule has 230 valence electrons. The number of fused-ring (bicyclic) bond motifs is 1. The molecular formula is C35H40N4O4S. The molecule has 5 rings (SSSR count). The number of hydrogen-bond acceptors (Lipinski definition) is 7. The maximum absolute atomic E-state index is 13.1. The Hall–Kier alpha value is -3.95. The molecule has 1 atom stereocenters. The van der Waals surface area contributed by atoms with Crippen LogP contribution in [0.25, 0.3) is 23.1 Å². The van der Waals surface area contributed by atoms with Crippen LogP contribution in [0.5, 0.6) is 0 Å². The van der Waals surface area contributed by atoms with E-state index >= 15 is 0 Å². The fourth-order valence-electron chi connectivity index (χ4n) is 5.25. The van der Waals surface area contributed by atoms with Crippen molar-refractivity contribution in [3.8, 4) is 0 Å². The number of pyridine rings is 1. The molecular weight excluding hydrogens is 572 g/mol. The van der Waals surface area contributed by atoms with Crippen LogP contribution in [-0.2, 0) is 14.3 Å². The van der Waals surface area contributed by atoms with E-state index in [2.05, 4.69) is 28.5 Å². The van der Waals surface area contributed by atoms with Crippen LogP contribution in [0.3, 0.4) is 0 Å². The Kier molecular flexibility index (Phi) is 11.6. The van der Waals surface area contributed by atoms with Gasteiger partial charge in [0.1, 0.15) is 0 Å². The van der Waals surface area contributed by atoms with E-state index in [1.807, 2.05) is 66.2 Å². The molecule has 3 heterocycles. The van der Waals surface area contributed by atoms with Gasteiger partial charge in [0.2, 0.25) is 0 Å². The monoisotopic (exact) mass is 612 g/mol. The highest BCUT2D eigenvalue weighted by Crippen LogP contribution is 2.35. The van der Waals surface area contributed by atoms with Gasteiger partial charge in [0.05, 0.1) is 29.1 Å². The van der Waals surface area contributed by atoms with Crippen molar-refractivity contribution in [2.24, 2.45) is 0 Å². The van der Waals surface area contributed by atoms with Crippen molar-refractivity contribution >= 4 is 46.7 Å². The van der Waals surface area contributed by atoms with E-state index in [0.717, 1.165) is 83.6 Å². The highest BCUT2D eigenvalue weighted by atomic mass is 32.2. The Balaban J connectivity index is 1.27. The fourth-order valence-corrected chi connectivity index (χ4v) is 6.23. The van der Waals surface area contributed by atoms with Gasteiger partial charge in [0, 0.05) is 40.9 Å². The molecule has 1 fully saturated rings. The second kappa shape index (κ2) is 16.2. The van der Waals surface area contributed by atoms with Gasteiger partial charge in [-0.3, -0.25) is 14.6 Å². The second-order valence-corrected chi connectivity index (χ2v) is 11.9. The molecule has 1 amide bonds. The molecule has 0 bridgehead atoms. The van der Waals surface area contributed by atoms with Crippen LogP contribution < -0.4 is 5.32 Å². The van der Waals surface area contributed by atoms with Crippen LogP contribution in [0.4, 0.5) is 0 Å². The molecule has 1 saturated heterocycles. The molecule has 1 aliphatic rings. The lowest BCUT2D eigenvalue weighted by molar-refractivity contribution is -0.143.